The summed E-state index contributed by atoms with van der Waals surface area (Å²) < 4.78 is 68.6. The molecule has 1 amide bonds. The normalized spacial score (nSPS) is 12.9. The Morgan fingerprint density at radius 1 is 0.906 bits per heavy atom. The van der Waals surface area contributed by atoms with Gasteiger partial charge in [0.05, 0.1) is 16.1 Å². The molecule has 3 rings (SSSR count). The smallest absolute Gasteiger partial charge is 0.324 e. The standard InChI is InChI=1S/C22H18BrF3N2O3S/c23-16-10-12-17(13-11-16)32(30,31)28-20(14-15-6-2-1-3-7-15)21(29)27-19-9-5-4-8-18(19)22(24,25)26/h1-13,20,28H,14H2,(H,27,29)/t20-/m1/s1. The van der Waals surface area contributed by atoms with Gasteiger partial charge in [0.25, 0.3) is 0 Å². The van der Waals surface area contributed by atoms with Gasteiger partial charge in [0.2, 0.25) is 15.9 Å². The Morgan fingerprint density at radius 3 is 2.12 bits per heavy atom. The maximum Gasteiger partial charge on any atom is 0.418 e. The molecule has 0 radical (unpaired) electrons. The SMILES string of the molecule is O=C(Nc1ccccc1C(F)(F)F)[C@@H](Cc1ccccc1)NS(=O)(=O)c1ccc(Br)cc1. The molecule has 0 heterocycles. The predicted molar refractivity (Wildman–Crippen MR) is 118 cm³/mol. The van der Waals surface area contributed by atoms with E-state index in [0.717, 1.165) is 12.1 Å². The lowest BCUT2D eigenvalue weighted by Crippen LogP contribution is -2.45. The molecule has 0 saturated heterocycles. The van der Waals surface area contributed by atoms with Gasteiger partial charge in [-0.3, -0.25) is 4.79 Å². The third-order valence-electron chi connectivity index (χ3n) is 4.51. The first-order valence-electron chi connectivity index (χ1n) is 9.35. The van der Waals surface area contributed by atoms with E-state index >= 15 is 0 Å². The lowest BCUT2D eigenvalue weighted by Gasteiger charge is -2.20. The molecule has 0 unspecified atom stereocenters. The van der Waals surface area contributed by atoms with Gasteiger partial charge >= 0.3 is 6.18 Å². The van der Waals surface area contributed by atoms with Crippen molar-refractivity contribution in [3.05, 3.63) is 94.5 Å². The summed E-state index contributed by atoms with van der Waals surface area (Å²) in [5.74, 6) is -0.911. The van der Waals surface area contributed by atoms with Crippen LogP contribution in [0.25, 0.3) is 0 Å². The second-order valence-corrected chi connectivity index (χ2v) is 9.48. The van der Waals surface area contributed by atoms with Crippen LogP contribution < -0.4 is 10.0 Å². The van der Waals surface area contributed by atoms with E-state index in [9.17, 15) is 26.4 Å². The summed E-state index contributed by atoms with van der Waals surface area (Å²) in [6.45, 7) is 0. The van der Waals surface area contributed by atoms with Crippen LogP contribution in [0.5, 0.6) is 0 Å². The first-order valence-corrected chi connectivity index (χ1v) is 11.6. The Balaban J connectivity index is 1.91. The predicted octanol–water partition coefficient (Wildman–Crippen LogP) is 5.00. The molecule has 0 aliphatic carbocycles. The van der Waals surface area contributed by atoms with Crippen molar-refractivity contribution in [3.63, 3.8) is 0 Å². The minimum absolute atomic E-state index is 0.0589. The van der Waals surface area contributed by atoms with Crippen LogP contribution in [0.15, 0.2) is 88.2 Å². The molecule has 168 valence electrons. The maximum absolute atomic E-state index is 13.3. The Bertz CT molecular complexity index is 1190. The highest BCUT2D eigenvalue weighted by Crippen LogP contribution is 2.34. The molecule has 32 heavy (non-hydrogen) atoms. The van der Waals surface area contributed by atoms with Gasteiger partial charge < -0.3 is 5.32 Å². The van der Waals surface area contributed by atoms with E-state index in [1.54, 1.807) is 30.3 Å². The molecule has 3 aromatic carbocycles. The van der Waals surface area contributed by atoms with E-state index in [1.165, 1.54) is 36.4 Å². The molecule has 5 nitrogen and oxygen atoms in total. The monoisotopic (exact) mass is 526 g/mol. The van der Waals surface area contributed by atoms with Crippen molar-refractivity contribution in [2.45, 2.75) is 23.5 Å². The number of carbonyl (C=O) groups excluding carboxylic acids is 1. The molecule has 2 N–H and O–H groups in total. The van der Waals surface area contributed by atoms with Gasteiger partial charge in [-0.05, 0) is 48.4 Å². The number of benzene rings is 3. The maximum atomic E-state index is 13.3. The lowest BCUT2D eigenvalue weighted by molar-refractivity contribution is -0.137. The molecule has 0 saturated carbocycles. The minimum Gasteiger partial charge on any atom is -0.324 e. The number of halogens is 4. The number of anilines is 1. The van der Waals surface area contributed by atoms with Crippen molar-refractivity contribution in [1.29, 1.82) is 0 Å². The van der Waals surface area contributed by atoms with E-state index in [-0.39, 0.29) is 11.3 Å². The largest absolute Gasteiger partial charge is 0.418 e. The highest BCUT2D eigenvalue weighted by atomic mass is 79.9. The van der Waals surface area contributed by atoms with Crippen LogP contribution in [0.4, 0.5) is 18.9 Å². The van der Waals surface area contributed by atoms with Gasteiger partial charge in [0.15, 0.2) is 0 Å². The fourth-order valence-electron chi connectivity index (χ4n) is 2.97. The number of amides is 1. The zero-order valence-electron chi connectivity index (χ0n) is 16.4. The number of sulfonamides is 1. The molecule has 10 heteroatoms. The van der Waals surface area contributed by atoms with Gasteiger partial charge in [-0.15, -0.1) is 0 Å². The minimum atomic E-state index is -4.68. The molecule has 0 aromatic heterocycles. The topological polar surface area (TPSA) is 75.3 Å². The molecule has 3 aromatic rings. The lowest BCUT2D eigenvalue weighted by atomic mass is 10.1. The van der Waals surface area contributed by atoms with Crippen LogP contribution in [0.3, 0.4) is 0 Å². The average molecular weight is 527 g/mol. The summed E-state index contributed by atoms with van der Waals surface area (Å²) in [6, 6.07) is 17.5. The van der Waals surface area contributed by atoms with Crippen LogP contribution in [-0.4, -0.2) is 20.4 Å². The van der Waals surface area contributed by atoms with Crippen LogP contribution in [0, 0.1) is 0 Å². The summed E-state index contributed by atoms with van der Waals surface area (Å²) in [5.41, 5.74) is -0.844. The highest BCUT2D eigenvalue weighted by Gasteiger charge is 2.34. The van der Waals surface area contributed by atoms with Crippen molar-refractivity contribution in [1.82, 2.24) is 4.72 Å². The third-order valence-corrected chi connectivity index (χ3v) is 6.53. The Labute approximate surface area is 191 Å². The molecule has 1 atom stereocenters. The van der Waals surface area contributed by atoms with Crippen LogP contribution in [-0.2, 0) is 27.4 Å². The van der Waals surface area contributed by atoms with Gasteiger partial charge in [-0.25, -0.2) is 8.42 Å². The second-order valence-electron chi connectivity index (χ2n) is 6.85. The molecule has 0 spiro atoms. The fourth-order valence-corrected chi connectivity index (χ4v) is 4.43. The first-order chi connectivity index (χ1) is 15.1. The molecule has 0 fully saturated rings. The van der Waals surface area contributed by atoms with E-state index in [1.807, 2.05) is 0 Å². The molecular weight excluding hydrogens is 509 g/mol. The van der Waals surface area contributed by atoms with Crippen molar-refractivity contribution in [2.24, 2.45) is 0 Å². The van der Waals surface area contributed by atoms with Crippen LogP contribution in [0.1, 0.15) is 11.1 Å². The van der Waals surface area contributed by atoms with Crippen molar-refractivity contribution in [3.8, 4) is 0 Å². The van der Waals surface area contributed by atoms with Gasteiger partial charge in [-0.2, -0.15) is 17.9 Å². The molecule has 0 bridgehead atoms. The zero-order valence-corrected chi connectivity index (χ0v) is 18.8. The van der Waals surface area contributed by atoms with Crippen molar-refractivity contribution >= 4 is 37.5 Å². The number of carbonyl (C=O) groups is 1. The first kappa shape index (κ1) is 24.0. The summed E-state index contributed by atoms with van der Waals surface area (Å²) >= 11 is 3.22. The van der Waals surface area contributed by atoms with Crippen LogP contribution in [0.2, 0.25) is 0 Å². The quantitative estimate of drug-likeness (QED) is 0.455. The Hall–Kier alpha value is -2.69. The van der Waals surface area contributed by atoms with Crippen LogP contribution >= 0.6 is 15.9 Å². The highest BCUT2D eigenvalue weighted by molar-refractivity contribution is 9.10. The molecule has 0 aliphatic heterocycles. The molecular formula is C22H18BrF3N2O3S. The number of rotatable bonds is 7. The van der Waals surface area contributed by atoms with Gasteiger partial charge in [0, 0.05) is 4.47 Å². The number of alkyl halides is 3. The Kier molecular flexibility index (Phi) is 7.37. The number of nitrogens with one attached hydrogen (secondary N) is 2. The Morgan fingerprint density at radius 2 is 1.50 bits per heavy atom. The third kappa shape index (κ3) is 6.18. The average Bonchev–Trinajstić information content (AvgIpc) is 2.74. The summed E-state index contributed by atoms with van der Waals surface area (Å²) in [7, 11) is -4.13. The zero-order chi connectivity index (χ0) is 23.4. The summed E-state index contributed by atoms with van der Waals surface area (Å²) in [6.07, 6.45) is -4.74. The van der Waals surface area contributed by atoms with E-state index in [2.05, 4.69) is 26.0 Å². The summed E-state index contributed by atoms with van der Waals surface area (Å²) in [5, 5.41) is 2.23. The number of hydrogen-bond acceptors (Lipinski definition) is 3. The van der Waals surface area contributed by atoms with E-state index < -0.39 is 39.4 Å². The fraction of sp³-hybridized carbons (Fsp3) is 0.136. The van der Waals surface area contributed by atoms with E-state index in [4.69, 9.17) is 0 Å². The van der Waals surface area contributed by atoms with E-state index in [0.29, 0.717) is 10.0 Å². The molecule has 0 aliphatic rings. The summed E-state index contributed by atoms with van der Waals surface area (Å²) in [4.78, 5) is 12.9. The van der Waals surface area contributed by atoms with Gasteiger partial charge in [0.1, 0.15) is 6.04 Å². The number of para-hydroxylation sites is 1. The second kappa shape index (κ2) is 9.85. The van der Waals surface area contributed by atoms with Crippen molar-refractivity contribution < 1.29 is 26.4 Å². The number of hydrogen-bond donors (Lipinski definition) is 2. The van der Waals surface area contributed by atoms with Crippen molar-refractivity contribution in [2.75, 3.05) is 5.32 Å². The van der Waals surface area contributed by atoms with Gasteiger partial charge in [-0.1, -0.05) is 58.4 Å².